The maximum atomic E-state index is 5.29. The Balaban J connectivity index is 1.85. The molecule has 2 heterocycles. The van der Waals surface area contributed by atoms with Crippen LogP contribution in [0.5, 0.6) is 0 Å². The number of pyridine rings is 1. The molecule has 0 bridgehead atoms. The topological polar surface area (TPSA) is 63.8 Å². The van der Waals surface area contributed by atoms with Crippen molar-refractivity contribution in [2.24, 2.45) is 5.92 Å². The minimum absolute atomic E-state index is 0.535. The average molecular weight is 282 g/mol. The van der Waals surface area contributed by atoms with Crippen LogP contribution in [0.25, 0.3) is 22.3 Å². The molecule has 0 aliphatic rings. The van der Waals surface area contributed by atoms with Crippen LogP contribution in [0.2, 0.25) is 0 Å². The number of rotatable bonds is 5. The molecule has 3 aromatic rings. The van der Waals surface area contributed by atoms with Crippen molar-refractivity contribution in [1.82, 2.24) is 20.4 Å². The summed E-state index contributed by atoms with van der Waals surface area (Å²) in [4.78, 5) is 8.82. The molecular formula is C16H18N4O. The first-order valence-corrected chi connectivity index (χ1v) is 7.11. The molecule has 0 atom stereocenters. The van der Waals surface area contributed by atoms with Gasteiger partial charge in [-0.05, 0) is 23.9 Å². The van der Waals surface area contributed by atoms with Crippen LogP contribution >= 0.6 is 0 Å². The Morgan fingerprint density at radius 1 is 1.19 bits per heavy atom. The van der Waals surface area contributed by atoms with Crippen LogP contribution < -0.4 is 5.32 Å². The van der Waals surface area contributed by atoms with Crippen molar-refractivity contribution in [3.63, 3.8) is 0 Å². The summed E-state index contributed by atoms with van der Waals surface area (Å²) in [5.41, 5.74) is 0.756. The average Bonchev–Trinajstić information content (AvgIpc) is 2.95. The van der Waals surface area contributed by atoms with Crippen molar-refractivity contribution in [2.75, 3.05) is 6.54 Å². The molecule has 0 spiro atoms. The van der Waals surface area contributed by atoms with Crippen molar-refractivity contribution in [1.29, 1.82) is 0 Å². The first-order chi connectivity index (χ1) is 10.2. The van der Waals surface area contributed by atoms with Crippen LogP contribution in [-0.2, 0) is 6.54 Å². The van der Waals surface area contributed by atoms with Crippen molar-refractivity contribution < 1.29 is 4.52 Å². The fourth-order valence-electron chi connectivity index (χ4n) is 2.19. The summed E-state index contributed by atoms with van der Waals surface area (Å²) < 4.78 is 5.29. The molecular weight excluding hydrogens is 264 g/mol. The van der Waals surface area contributed by atoms with Gasteiger partial charge < -0.3 is 9.84 Å². The molecule has 0 amide bonds. The Hall–Kier alpha value is -2.27. The lowest BCUT2D eigenvalue weighted by Crippen LogP contribution is -2.19. The minimum atomic E-state index is 0.535. The van der Waals surface area contributed by atoms with E-state index in [-0.39, 0.29) is 0 Å². The zero-order valence-corrected chi connectivity index (χ0v) is 12.2. The summed E-state index contributed by atoms with van der Waals surface area (Å²) in [5.74, 6) is 1.71. The quantitative estimate of drug-likeness (QED) is 0.779. The second-order valence-corrected chi connectivity index (χ2v) is 5.42. The van der Waals surface area contributed by atoms with Crippen LogP contribution in [0.1, 0.15) is 19.7 Å². The van der Waals surface area contributed by atoms with E-state index in [4.69, 9.17) is 4.52 Å². The van der Waals surface area contributed by atoms with Gasteiger partial charge in [-0.3, -0.25) is 4.98 Å². The van der Waals surface area contributed by atoms with Crippen LogP contribution in [0.15, 0.2) is 41.1 Å². The fraction of sp³-hybridized carbons (Fsp3) is 0.312. The molecule has 1 aromatic carbocycles. The van der Waals surface area contributed by atoms with Gasteiger partial charge in [0.1, 0.15) is 5.69 Å². The summed E-state index contributed by atoms with van der Waals surface area (Å²) in [6, 6.07) is 10.0. The molecule has 0 radical (unpaired) electrons. The number of benzene rings is 1. The molecule has 0 fully saturated rings. The van der Waals surface area contributed by atoms with Crippen molar-refractivity contribution in [3.05, 3.63) is 42.4 Å². The highest BCUT2D eigenvalue weighted by Crippen LogP contribution is 2.23. The van der Waals surface area contributed by atoms with E-state index in [1.54, 1.807) is 6.20 Å². The molecule has 3 rings (SSSR count). The highest BCUT2D eigenvalue weighted by molar-refractivity contribution is 5.92. The van der Waals surface area contributed by atoms with Gasteiger partial charge >= 0.3 is 0 Å². The summed E-state index contributed by atoms with van der Waals surface area (Å²) in [5, 5.41) is 9.48. The highest BCUT2D eigenvalue weighted by atomic mass is 16.5. The number of hydrogen-bond donors (Lipinski definition) is 1. The standard InChI is InChI=1S/C16H18N4O/c1-11(2)9-17-10-14-19-16(20-21-14)15-13-6-4-3-5-12(13)7-8-18-15/h3-8,11,17H,9-10H2,1-2H3. The number of nitrogens with zero attached hydrogens (tertiary/aromatic N) is 3. The van der Waals surface area contributed by atoms with Gasteiger partial charge in [0.05, 0.1) is 6.54 Å². The second-order valence-electron chi connectivity index (χ2n) is 5.42. The predicted octanol–water partition coefficient (Wildman–Crippen LogP) is 3.03. The first kappa shape index (κ1) is 13.7. The largest absolute Gasteiger partial charge is 0.337 e. The zero-order chi connectivity index (χ0) is 14.7. The fourth-order valence-corrected chi connectivity index (χ4v) is 2.19. The third-order valence-corrected chi connectivity index (χ3v) is 3.18. The zero-order valence-electron chi connectivity index (χ0n) is 12.2. The molecule has 0 unspecified atom stereocenters. The van der Waals surface area contributed by atoms with Gasteiger partial charge in [0.2, 0.25) is 11.7 Å². The van der Waals surface area contributed by atoms with E-state index in [0.29, 0.717) is 24.2 Å². The maximum Gasteiger partial charge on any atom is 0.240 e. The number of fused-ring (bicyclic) bond motifs is 1. The monoisotopic (exact) mass is 282 g/mol. The molecule has 1 N–H and O–H groups in total. The van der Waals surface area contributed by atoms with Crippen molar-refractivity contribution >= 4 is 10.8 Å². The van der Waals surface area contributed by atoms with Gasteiger partial charge in [-0.25, -0.2) is 0 Å². The van der Waals surface area contributed by atoms with Gasteiger partial charge in [0.15, 0.2) is 0 Å². The molecule has 5 nitrogen and oxygen atoms in total. The smallest absolute Gasteiger partial charge is 0.240 e. The van der Waals surface area contributed by atoms with Crippen LogP contribution in [0, 0.1) is 5.92 Å². The van der Waals surface area contributed by atoms with E-state index in [9.17, 15) is 0 Å². The van der Waals surface area contributed by atoms with Crippen molar-refractivity contribution in [3.8, 4) is 11.5 Å². The lowest BCUT2D eigenvalue weighted by atomic mass is 10.1. The van der Waals surface area contributed by atoms with Crippen LogP contribution in [0.3, 0.4) is 0 Å². The van der Waals surface area contributed by atoms with Crippen LogP contribution in [-0.4, -0.2) is 21.7 Å². The van der Waals surface area contributed by atoms with E-state index in [1.165, 1.54) is 0 Å². The number of nitrogens with one attached hydrogen (secondary N) is 1. The van der Waals surface area contributed by atoms with Gasteiger partial charge in [-0.15, -0.1) is 0 Å². The van der Waals surface area contributed by atoms with Gasteiger partial charge in [0, 0.05) is 11.6 Å². The van der Waals surface area contributed by atoms with Gasteiger partial charge in [0.25, 0.3) is 0 Å². The molecule has 0 saturated carbocycles. The molecule has 21 heavy (non-hydrogen) atoms. The Labute approximate surface area is 123 Å². The normalized spacial score (nSPS) is 11.4. The maximum absolute atomic E-state index is 5.29. The lowest BCUT2D eigenvalue weighted by Gasteiger charge is -2.03. The molecule has 0 aliphatic heterocycles. The van der Waals surface area contributed by atoms with E-state index < -0.39 is 0 Å². The van der Waals surface area contributed by atoms with E-state index >= 15 is 0 Å². The summed E-state index contributed by atoms with van der Waals surface area (Å²) >= 11 is 0. The molecule has 5 heteroatoms. The molecule has 2 aromatic heterocycles. The van der Waals surface area contributed by atoms with Crippen molar-refractivity contribution in [2.45, 2.75) is 20.4 Å². The van der Waals surface area contributed by atoms with E-state index in [0.717, 1.165) is 23.0 Å². The lowest BCUT2D eigenvalue weighted by molar-refractivity contribution is 0.364. The Morgan fingerprint density at radius 2 is 2.05 bits per heavy atom. The number of aromatic nitrogens is 3. The molecule has 0 saturated heterocycles. The van der Waals surface area contributed by atoms with Gasteiger partial charge in [-0.1, -0.05) is 43.3 Å². The summed E-state index contributed by atoms with van der Waals surface area (Å²) in [7, 11) is 0. The Kier molecular flexibility index (Phi) is 3.92. The third-order valence-electron chi connectivity index (χ3n) is 3.18. The number of hydrogen-bond acceptors (Lipinski definition) is 5. The van der Waals surface area contributed by atoms with E-state index in [1.807, 2.05) is 30.3 Å². The third kappa shape index (κ3) is 3.08. The molecule has 108 valence electrons. The predicted molar refractivity (Wildman–Crippen MR) is 81.6 cm³/mol. The molecule has 0 aliphatic carbocycles. The van der Waals surface area contributed by atoms with Gasteiger partial charge in [-0.2, -0.15) is 4.98 Å². The summed E-state index contributed by atoms with van der Waals surface area (Å²) in [6.45, 7) is 5.82. The highest BCUT2D eigenvalue weighted by Gasteiger charge is 2.12. The first-order valence-electron chi connectivity index (χ1n) is 7.11. The van der Waals surface area contributed by atoms with E-state index in [2.05, 4.69) is 34.3 Å². The van der Waals surface area contributed by atoms with Crippen LogP contribution in [0.4, 0.5) is 0 Å². The second kappa shape index (κ2) is 6.01. The Bertz CT molecular complexity index is 730. The minimum Gasteiger partial charge on any atom is -0.337 e. The summed E-state index contributed by atoms with van der Waals surface area (Å²) in [6.07, 6.45) is 1.77. The SMILES string of the molecule is CC(C)CNCc1nc(-c2nccc3ccccc23)no1. The Morgan fingerprint density at radius 3 is 2.90 bits per heavy atom.